The van der Waals surface area contributed by atoms with Crippen molar-refractivity contribution in [1.82, 2.24) is 4.90 Å². The molecule has 1 fully saturated rings. The van der Waals surface area contributed by atoms with Crippen LogP contribution in [0.25, 0.3) is 11.1 Å². The monoisotopic (exact) mass is 534 g/mol. The molecule has 1 amide bonds. The van der Waals surface area contributed by atoms with Crippen LogP contribution in [0.15, 0.2) is 71.6 Å². The van der Waals surface area contributed by atoms with E-state index in [-0.39, 0.29) is 23.5 Å². The summed E-state index contributed by atoms with van der Waals surface area (Å²) in [6.07, 6.45) is -3.91. The molecule has 1 aliphatic rings. The summed E-state index contributed by atoms with van der Waals surface area (Å²) in [6, 6.07) is 14.9. The molecule has 37 heavy (non-hydrogen) atoms. The Hall–Kier alpha value is -3.73. The normalized spacial score (nSPS) is 14.5. The lowest BCUT2D eigenvalue weighted by Crippen LogP contribution is -2.49. The third kappa shape index (κ3) is 5.82. The minimum Gasteiger partial charge on any atom is -0.368 e. The first-order chi connectivity index (χ1) is 17.3. The van der Waals surface area contributed by atoms with Gasteiger partial charge in [0, 0.05) is 49.2 Å². The van der Waals surface area contributed by atoms with E-state index in [0.29, 0.717) is 29.9 Å². The summed E-state index contributed by atoms with van der Waals surface area (Å²) in [5.41, 5.74) is 1.33. The number of amides is 1. The average molecular weight is 535 g/mol. The second-order valence-electron chi connectivity index (χ2n) is 8.64. The number of hydrogen-bond donors (Lipinski definition) is 0. The molecule has 0 saturated carbocycles. The highest BCUT2D eigenvalue weighted by Gasteiger charge is 2.39. The molecular formula is C26H22F4N2O4S. The van der Waals surface area contributed by atoms with Gasteiger partial charge < -0.3 is 9.80 Å². The SMILES string of the molecule is CS(=O)(=O)c1ccc(-c2ccc(F)cc2)c(C(=O)N2CCN(c3ccc(C(=O)C(F)(F)F)cc3)CC2)c1. The number of nitrogens with zero attached hydrogens (tertiary/aromatic N) is 2. The predicted octanol–water partition coefficient (Wildman–Crippen LogP) is 4.60. The first-order valence-electron chi connectivity index (χ1n) is 11.2. The second kappa shape index (κ2) is 9.97. The summed E-state index contributed by atoms with van der Waals surface area (Å²) in [5, 5.41) is 0. The molecule has 11 heteroatoms. The predicted molar refractivity (Wildman–Crippen MR) is 130 cm³/mol. The van der Waals surface area contributed by atoms with Gasteiger partial charge in [0.25, 0.3) is 11.7 Å². The van der Waals surface area contributed by atoms with Gasteiger partial charge in [-0.2, -0.15) is 13.2 Å². The molecule has 1 heterocycles. The van der Waals surface area contributed by atoms with E-state index in [9.17, 15) is 35.6 Å². The van der Waals surface area contributed by atoms with Gasteiger partial charge in [-0.3, -0.25) is 9.59 Å². The third-order valence-corrected chi connectivity index (χ3v) is 7.23. The van der Waals surface area contributed by atoms with Crippen LogP contribution in [0.3, 0.4) is 0 Å². The number of rotatable bonds is 5. The van der Waals surface area contributed by atoms with Crippen molar-refractivity contribution in [3.8, 4) is 11.1 Å². The second-order valence-corrected chi connectivity index (χ2v) is 10.7. The average Bonchev–Trinajstić information content (AvgIpc) is 2.87. The number of piperazine rings is 1. The zero-order valence-electron chi connectivity index (χ0n) is 19.6. The third-order valence-electron chi connectivity index (χ3n) is 6.12. The quantitative estimate of drug-likeness (QED) is 0.353. The van der Waals surface area contributed by atoms with Crippen molar-refractivity contribution >= 4 is 27.2 Å². The van der Waals surface area contributed by atoms with Crippen LogP contribution in [0.4, 0.5) is 23.2 Å². The highest BCUT2D eigenvalue weighted by atomic mass is 32.2. The van der Waals surface area contributed by atoms with Crippen LogP contribution in [-0.2, 0) is 9.84 Å². The van der Waals surface area contributed by atoms with Crippen molar-refractivity contribution in [3.05, 3.63) is 83.7 Å². The van der Waals surface area contributed by atoms with E-state index in [1.807, 2.05) is 4.90 Å². The van der Waals surface area contributed by atoms with Gasteiger partial charge in [0.2, 0.25) is 0 Å². The van der Waals surface area contributed by atoms with E-state index in [2.05, 4.69) is 0 Å². The summed E-state index contributed by atoms with van der Waals surface area (Å²) in [7, 11) is -3.59. The molecular weight excluding hydrogens is 512 g/mol. The summed E-state index contributed by atoms with van der Waals surface area (Å²) < 4.78 is 75.6. The molecule has 0 aromatic heterocycles. The molecule has 6 nitrogen and oxygen atoms in total. The molecule has 0 atom stereocenters. The Balaban J connectivity index is 1.54. The van der Waals surface area contributed by atoms with Crippen molar-refractivity contribution in [2.75, 3.05) is 37.3 Å². The molecule has 1 saturated heterocycles. The Labute approximate surface area is 211 Å². The van der Waals surface area contributed by atoms with E-state index in [1.165, 1.54) is 54.6 Å². The van der Waals surface area contributed by atoms with Crippen molar-refractivity contribution < 1.29 is 35.6 Å². The number of carbonyl (C=O) groups excluding carboxylic acids is 2. The Morgan fingerprint density at radius 3 is 1.97 bits per heavy atom. The number of anilines is 1. The first kappa shape index (κ1) is 26.3. The fourth-order valence-corrected chi connectivity index (χ4v) is 4.78. The molecule has 0 spiro atoms. The minimum absolute atomic E-state index is 0.0196. The van der Waals surface area contributed by atoms with Crippen molar-refractivity contribution in [1.29, 1.82) is 0 Å². The summed E-state index contributed by atoms with van der Waals surface area (Å²) in [6.45, 7) is 1.29. The zero-order chi connectivity index (χ0) is 27.0. The van der Waals surface area contributed by atoms with Crippen LogP contribution < -0.4 is 4.90 Å². The standard InChI is InChI=1S/C26H22F4N2O4S/c1-37(35,36)21-10-11-22(17-2-6-19(27)7-3-17)23(16-21)25(34)32-14-12-31(13-15-32)20-8-4-18(5-9-20)24(33)26(28,29)30/h2-11,16H,12-15H2,1H3. The summed E-state index contributed by atoms with van der Waals surface area (Å²) in [5.74, 6) is -2.75. The number of sulfone groups is 1. The van der Waals surface area contributed by atoms with Crippen molar-refractivity contribution in [2.24, 2.45) is 0 Å². The highest BCUT2D eigenvalue weighted by molar-refractivity contribution is 7.90. The lowest BCUT2D eigenvalue weighted by Gasteiger charge is -2.36. The molecule has 0 N–H and O–H groups in total. The molecule has 194 valence electrons. The highest BCUT2D eigenvalue weighted by Crippen LogP contribution is 2.29. The van der Waals surface area contributed by atoms with Gasteiger partial charge in [-0.1, -0.05) is 18.2 Å². The van der Waals surface area contributed by atoms with Gasteiger partial charge in [-0.05, 0) is 59.7 Å². The maximum Gasteiger partial charge on any atom is 0.454 e. The van der Waals surface area contributed by atoms with E-state index in [0.717, 1.165) is 18.4 Å². The van der Waals surface area contributed by atoms with Crippen LogP contribution in [-0.4, -0.2) is 63.6 Å². The molecule has 0 radical (unpaired) electrons. The maximum absolute atomic E-state index is 13.5. The van der Waals surface area contributed by atoms with Gasteiger partial charge in [-0.25, -0.2) is 12.8 Å². The molecule has 0 aliphatic carbocycles. The number of Topliss-reactive ketones (excluding diaryl/α,β-unsaturated/α-hetero) is 1. The fraction of sp³-hybridized carbons (Fsp3) is 0.231. The summed E-state index contributed by atoms with van der Waals surface area (Å²) in [4.78, 5) is 28.3. The van der Waals surface area contributed by atoms with Gasteiger partial charge in [0.15, 0.2) is 9.84 Å². The lowest BCUT2D eigenvalue weighted by molar-refractivity contribution is -0.0885. The number of benzene rings is 3. The number of halogens is 4. The molecule has 4 rings (SSSR count). The molecule has 3 aromatic rings. The summed E-state index contributed by atoms with van der Waals surface area (Å²) >= 11 is 0. The van der Waals surface area contributed by atoms with E-state index < -0.39 is 39.1 Å². The molecule has 0 unspecified atom stereocenters. The maximum atomic E-state index is 13.5. The lowest BCUT2D eigenvalue weighted by atomic mass is 9.98. The van der Waals surface area contributed by atoms with Crippen LogP contribution in [0.5, 0.6) is 0 Å². The number of carbonyl (C=O) groups is 2. The van der Waals surface area contributed by atoms with E-state index >= 15 is 0 Å². The molecule has 3 aromatic carbocycles. The zero-order valence-corrected chi connectivity index (χ0v) is 20.4. The Morgan fingerprint density at radius 1 is 0.838 bits per heavy atom. The van der Waals surface area contributed by atoms with Gasteiger partial charge >= 0.3 is 6.18 Å². The Bertz CT molecular complexity index is 1430. The Morgan fingerprint density at radius 2 is 1.43 bits per heavy atom. The minimum atomic E-state index is -4.95. The largest absolute Gasteiger partial charge is 0.454 e. The topological polar surface area (TPSA) is 74.8 Å². The van der Waals surface area contributed by atoms with Gasteiger partial charge in [0.1, 0.15) is 5.82 Å². The van der Waals surface area contributed by atoms with Crippen LogP contribution >= 0.6 is 0 Å². The molecule has 0 bridgehead atoms. The number of ketones is 1. The van der Waals surface area contributed by atoms with Crippen LogP contribution in [0, 0.1) is 5.82 Å². The number of alkyl halides is 3. The number of hydrogen-bond acceptors (Lipinski definition) is 5. The van der Waals surface area contributed by atoms with Gasteiger partial charge in [0.05, 0.1) is 4.90 Å². The van der Waals surface area contributed by atoms with E-state index in [4.69, 9.17) is 0 Å². The van der Waals surface area contributed by atoms with E-state index in [1.54, 1.807) is 4.90 Å². The fourth-order valence-electron chi connectivity index (χ4n) is 4.14. The van der Waals surface area contributed by atoms with Crippen molar-refractivity contribution in [2.45, 2.75) is 11.1 Å². The van der Waals surface area contributed by atoms with Gasteiger partial charge in [-0.15, -0.1) is 0 Å². The first-order valence-corrected chi connectivity index (χ1v) is 13.1. The van der Waals surface area contributed by atoms with Crippen LogP contribution in [0.1, 0.15) is 20.7 Å². The molecule has 1 aliphatic heterocycles. The van der Waals surface area contributed by atoms with Crippen molar-refractivity contribution in [3.63, 3.8) is 0 Å². The van der Waals surface area contributed by atoms with Crippen LogP contribution in [0.2, 0.25) is 0 Å². The smallest absolute Gasteiger partial charge is 0.368 e. The Kier molecular flexibility index (Phi) is 7.09.